The fourth-order valence-corrected chi connectivity index (χ4v) is 3.64. The molecule has 1 aliphatic heterocycles. The Hall–Kier alpha value is -2.02. The lowest BCUT2D eigenvalue weighted by molar-refractivity contribution is 0.421. The Morgan fingerprint density at radius 1 is 1.18 bits per heavy atom. The van der Waals surface area contributed by atoms with Crippen molar-refractivity contribution in [3.05, 3.63) is 77.1 Å². The molecule has 3 rings (SSSR count). The zero-order chi connectivity index (χ0) is 20.9. The van der Waals surface area contributed by atoms with E-state index in [0.29, 0.717) is 16.9 Å². The molecule has 2 aliphatic rings. The average Bonchev–Trinajstić information content (AvgIpc) is 2.98. The molecular weight excluding hydrogens is 364 g/mol. The molecule has 3 heteroatoms. The van der Waals surface area contributed by atoms with Crippen LogP contribution in [0.4, 0.5) is 5.69 Å². The van der Waals surface area contributed by atoms with Crippen LogP contribution in [-0.4, -0.2) is 4.98 Å². The predicted octanol–water partition coefficient (Wildman–Crippen LogP) is 8.11. The van der Waals surface area contributed by atoms with Gasteiger partial charge in [0.25, 0.3) is 0 Å². The van der Waals surface area contributed by atoms with Gasteiger partial charge < -0.3 is 4.90 Å². The number of pyridine rings is 1. The summed E-state index contributed by atoms with van der Waals surface area (Å²) in [6.07, 6.45) is 19.8. The molecule has 152 valence electrons. The lowest BCUT2D eigenvalue weighted by atomic mass is 9.80. The van der Waals surface area contributed by atoms with Gasteiger partial charge in [0.05, 0.1) is 16.9 Å². The van der Waals surface area contributed by atoms with Gasteiger partial charge in [0, 0.05) is 24.0 Å². The first-order valence-electron chi connectivity index (χ1n) is 10.7. The molecule has 1 aromatic rings. The summed E-state index contributed by atoms with van der Waals surface area (Å²) in [5.41, 5.74) is 6.59. The summed E-state index contributed by atoms with van der Waals surface area (Å²) < 4.78 is 0. The Kier molecular flexibility index (Phi) is 11.3. The number of hydrogen-bond acceptors (Lipinski definition) is 2. The van der Waals surface area contributed by atoms with Crippen molar-refractivity contribution in [3.8, 4) is 0 Å². The number of anilines is 1. The van der Waals surface area contributed by atoms with E-state index in [1.807, 2.05) is 64.4 Å². The van der Waals surface area contributed by atoms with E-state index in [0.717, 1.165) is 11.4 Å². The van der Waals surface area contributed by atoms with Crippen LogP contribution in [0.5, 0.6) is 0 Å². The van der Waals surface area contributed by atoms with Gasteiger partial charge in [-0.15, -0.1) is 5.73 Å². The quantitative estimate of drug-likeness (QED) is 0.465. The van der Waals surface area contributed by atoms with Gasteiger partial charge in [-0.2, -0.15) is 0 Å². The van der Waals surface area contributed by atoms with Crippen molar-refractivity contribution in [1.29, 1.82) is 0 Å². The van der Waals surface area contributed by atoms with Gasteiger partial charge in [-0.25, -0.2) is 0 Å². The summed E-state index contributed by atoms with van der Waals surface area (Å²) in [4.78, 5) is 6.55. The van der Waals surface area contributed by atoms with Gasteiger partial charge in [-0.1, -0.05) is 72.1 Å². The Morgan fingerprint density at radius 3 is 2.61 bits per heavy atom. The average molecular weight is 399 g/mol. The zero-order valence-electron chi connectivity index (χ0n) is 18.2. The summed E-state index contributed by atoms with van der Waals surface area (Å²) in [6, 6.07) is 2.16. The third kappa shape index (κ3) is 5.99. The van der Waals surface area contributed by atoms with Gasteiger partial charge in [0.2, 0.25) is 0 Å². The fraction of sp³-hybridized carbons (Fsp3) is 0.440. The molecule has 0 radical (unpaired) electrons. The summed E-state index contributed by atoms with van der Waals surface area (Å²) in [5, 5.41) is 0.612. The second-order valence-electron chi connectivity index (χ2n) is 6.21. The van der Waals surface area contributed by atoms with Crippen LogP contribution in [0.2, 0.25) is 0 Å². The first-order valence-corrected chi connectivity index (χ1v) is 11.0. The molecule has 0 fully saturated rings. The minimum atomic E-state index is 0.455. The Balaban J connectivity index is 0.000000921. The highest BCUT2D eigenvalue weighted by Crippen LogP contribution is 2.41. The zero-order valence-corrected chi connectivity index (χ0v) is 19.0. The summed E-state index contributed by atoms with van der Waals surface area (Å²) in [6.45, 7) is 12.6. The van der Waals surface area contributed by atoms with Crippen LogP contribution in [0.15, 0.2) is 71.5 Å². The maximum Gasteiger partial charge on any atom is 0.0825 e. The van der Waals surface area contributed by atoms with Gasteiger partial charge >= 0.3 is 0 Å². The van der Waals surface area contributed by atoms with E-state index in [9.17, 15) is 0 Å². The van der Waals surface area contributed by atoms with Crippen molar-refractivity contribution < 1.29 is 0 Å². The van der Waals surface area contributed by atoms with Crippen molar-refractivity contribution in [2.24, 2.45) is 5.92 Å². The van der Waals surface area contributed by atoms with Crippen molar-refractivity contribution in [3.63, 3.8) is 0 Å². The molecular formula is C25H35ClN2. The number of fused-ring (bicyclic) bond motifs is 1. The van der Waals surface area contributed by atoms with E-state index >= 15 is 0 Å². The lowest BCUT2D eigenvalue weighted by Crippen LogP contribution is -2.23. The van der Waals surface area contributed by atoms with Crippen molar-refractivity contribution in [2.75, 3.05) is 4.90 Å². The smallest absolute Gasteiger partial charge is 0.0825 e. The van der Waals surface area contributed by atoms with E-state index in [4.69, 9.17) is 11.6 Å². The summed E-state index contributed by atoms with van der Waals surface area (Å²) in [7, 11) is 0. The number of halogens is 1. The van der Waals surface area contributed by atoms with Crippen LogP contribution in [0.3, 0.4) is 0 Å². The maximum absolute atomic E-state index is 6.05. The molecule has 28 heavy (non-hydrogen) atoms. The first kappa shape index (κ1) is 24.0. The lowest BCUT2D eigenvalue weighted by Gasteiger charge is -2.34. The Labute approximate surface area is 177 Å². The fourth-order valence-electron chi connectivity index (χ4n) is 3.52. The molecule has 2 heterocycles. The van der Waals surface area contributed by atoms with Crippen LogP contribution in [0.25, 0.3) is 0 Å². The highest BCUT2D eigenvalue weighted by Gasteiger charge is 2.27. The Bertz CT molecular complexity index is 752. The van der Waals surface area contributed by atoms with Crippen LogP contribution in [-0.2, 0) is 0 Å². The monoisotopic (exact) mass is 398 g/mol. The topological polar surface area (TPSA) is 16.1 Å². The third-order valence-electron chi connectivity index (χ3n) is 4.74. The van der Waals surface area contributed by atoms with Gasteiger partial charge in [-0.05, 0) is 48.3 Å². The largest absolute Gasteiger partial charge is 0.316 e. The van der Waals surface area contributed by atoms with Crippen LogP contribution < -0.4 is 4.90 Å². The number of hydrogen-bond donors (Lipinski definition) is 0. The highest BCUT2D eigenvalue weighted by atomic mass is 35.5. The molecule has 0 N–H and O–H groups in total. The molecule has 2 unspecified atom stereocenters. The maximum atomic E-state index is 6.05. The van der Waals surface area contributed by atoms with Gasteiger partial charge in [-0.3, -0.25) is 4.98 Å². The standard InChI is InChI=1S/C21H23ClN2.2C2H6/c1-3-6-16(4-2)19-12-14-24(21-15-23-13-11-20(19)21)18-8-5-7-17(22)9-10-18;2*1-2/h5,8-16,19H,3-4,6H2,1-2H3;2*1-2H3. The third-order valence-corrected chi connectivity index (χ3v) is 4.97. The minimum Gasteiger partial charge on any atom is -0.316 e. The van der Waals surface area contributed by atoms with Crippen molar-refractivity contribution in [1.82, 2.24) is 4.98 Å². The van der Waals surface area contributed by atoms with Crippen molar-refractivity contribution >= 4 is 17.3 Å². The van der Waals surface area contributed by atoms with E-state index in [2.05, 4.69) is 47.8 Å². The number of rotatable bonds is 5. The van der Waals surface area contributed by atoms with Gasteiger partial charge in [0.15, 0.2) is 0 Å². The molecule has 0 bridgehead atoms. The van der Waals surface area contributed by atoms with E-state index in [1.165, 1.54) is 24.8 Å². The molecule has 0 saturated heterocycles. The molecule has 0 saturated carbocycles. The van der Waals surface area contributed by atoms with Gasteiger partial charge in [0.1, 0.15) is 0 Å². The minimum absolute atomic E-state index is 0.455. The number of nitrogens with zero attached hydrogens (tertiary/aromatic N) is 2. The van der Waals surface area contributed by atoms with E-state index < -0.39 is 0 Å². The number of allylic oxidation sites excluding steroid dienone is 5. The molecule has 1 aromatic heterocycles. The van der Waals surface area contributed by atoms with E-state index in [-0.39, 0.29) is 0 Å². The SMILES string of the molecule is CC.CC.CCCC(CC)C1C=CN(C2=CC=C=C(Cl)C=C2)c2cnccc21. The van der Waals surface area contributed by atoms with Crippen LogP contribution in [0.1, 0.15) is 72.3 Å². The molecule has 2 nitrogen and oxygen atoms in total. The summed E-state index contributed by atoms with van der Waals surface area (Å²) in [5.74, 6) is 1.13. The normalized spacial score (nSPS) is 17.8. The summed E-state index contributed by atoms with van der Waals surface area (Å²) >= 11 is 6.05. The van der Waals surface area contributed by atoms with Crippen LogP contribution in [0, 0.1) is 5.92 Å². The molecule has 0 aromatic carbocycles. The second kappa shape index (κ2) is 13.2. The molecule has 0 amide bonds. The first-order chi connectivity index (χ1) is 13.7. The second-order valence-corrected chi connectivity index (χ2v) is 6.62. The number of aromatic nitrogens is 1. The Morgan fingerprint density at radius 2 is 1.93 bits per heavy atom. The highest BCUT2D eigenvalue weighted by molar-refractivity contribution is 6.31. The molecule has 0 spiro atoms. The molecule has 2 atom stereocenters. The van der Waals surface area contributed by atoms with E-state index in [1.54, 1.807) is 0 Å². The van der Waals surface area contributed by atoms with Crippen molar-refractivity contribution in [2.45, 2.75) is 66.7 Å². The molecule has 1 aliphatic carbocycles. The predicted molar refractivity (Wildman–Crippen MR) is 125 cm³/mol. The van der Waals surface area contributed by atoms with Crippen LogP contribution >= 0.6 is 11.6 Å².